The molecule has 0 unspecified atom stereocenters. The van der Waals surface area contributed by atoms with Crippen molar-refractivity contribution in [3.05, 3.63) is 47.2 Å². The Balaban J connectivity index is 1.30. The Labute approximate surface area is 225 Å². The number of aryl methyl sites for hydroxylation is 1. The van der Waals surface area contributed by atoms with Gasteiger partial charge in [0.25, 0.3) is 5.91 Å². The Kier molecular flexibility index (Phi) is 6.10. The molecular formula is C26H28N6O4S2. The highest BCUT2D eigenvalue weighted by molar-refractivity contribution is 7.90. The van der Waals surface area contributed by atoms with E-state index in [2.05, 4.69) is 20.6 Å². The number of rotatable bonds is 8. The highest BCUT2D eigenvalue weighted by Gasteiger charge is 2.35. The van der Waals surface area contributed by atoms with E-state index in [0.717, 1.165) is 34.4 Å². The van der Waals surface area contributed by atoms with Crippen LogP contribution in [0, 0.1) is 12.8 Å². The second-order valence-corrected chi connectivity index (χ2v) is 13.0. The standard InChI is InChI=1S/C26H28N6O4S2/c1-15-23(37-25(28-15)30-20-4-3-5-21(29-20)32-11-9-27-26(32)34)17-12-18-14-31(10-8-16-6-7-16)24(33)22(18)19(13-17)38(2,35)36/h3-5,12-13,16H,6-11,14H2,1-2H3,(H,27,34)(H,28,29,30). The lowest BCUT2D eigenvalue weighted by Crippen LogP contribution is -2.28. The van der Waals surface area contributed by atoms with Gasteiger partial charge in [-0.2, -0.15) is 0 Å². The number of pyridine rings is 1. The van der Waals surface area contributed by atoms with E-state index >= 15 is 0 Å². The number of anilines is 3. The zero-order valence-corrected chi connectivity index (χ0v) is 22.8. The molecule has 10 nitrogen and oxygen atoms in total. The number of hydrogen-bond acceptors (Lipinski definition) is 8. The maximum absolute atomic E-state index is 13.2. The third kappa shape index (κ3) is 4.73. The molecule has 198 valence electrons. The average molecular weight is 553 g/mol. The quantitative estimate of drug-likeness (QED) is 0.434. The molecule has 0 atom stereocenters. The van der Waals surface area contributed by atoms with Crippen LogP contribution in [0.15, 0.2) is 35.2 Å². The molecule has 0 radical (unpaired) electrons. The molecule has 0 spiro atoms. The number of carbonyl (C=O) groups is 2. The van der Waals surface area contributed by atoms with E-state index in [0.29, 0.717) is 54.4 Å². The van der Waals surface area contributed by atoms with Crippen LogP contribution < -0.4 is 15.5 Å². The number of hydrogen-bond donors (Lipinski definition) is 2. The number of nitrogens with zero attached hydrogens (tertiary/aromatic N) is 4. The lowest BCUT2D eigenvalue weighted by Gasteiger charge is -2.15. The average Bonchev–Trinajstić information content (AvgIpc) is 3.36. The molecule has 1 aliphatic carbocycles. The molecule has 2 N–H and O–H groups in total. The number of urea groups is 1. The second kappa shape index (κ2) is 9.35. The molecule has 3 amide bonds. The predicted molar refractivity (Wildman–Crippen MR) is 146 cm³/mol. The maximum Gasteiger partial charge on any atom is 0.323 e. The number of fused-ring (bicyclic) bond motifs is 1. The fourth-order valence-corrected chi connectivity index (χ4v) is 6.88. The first-order valence-corrected chi connectivity index (χ1v) is 15.3. The number of amides is 3. The molecule has 38 heavy (non-hydrogen) atoms. The normalized spacial score (nSPS) is 17.2. The van der Waals surface area contributed by atoms with Crippen molar-refractivity contribution in [1.29, 1.82) is 0 Å². The summed E-state index contributed by atoms with van der Waals surface area (Å²) in [5, 5.41) is 6.58. The molecule has 1 saturated heterocycles. The molecule has 2 aromatic heterocycles. The van der Waals surface area contributed by atoms with Crippen LogP contribution >= 0.6 is 11.3 Å². The predicted octanol–water partition coefficient (Wildman–Crippen LogP) is 3.95. The minimum Gasteiger partial charge on any atom is -0.336 e. The zero-order valence-electron chi connectivity index (χ0n) is 21.2. The smallest absolute Gasteiger partial charge is 0.323 e. The summed E-state index contributed by atoms with van der Waals surface area (Å²) in [6.07, 6.45) is 4.53. The molecule has 2 fully saturated rings. The fourth-order valence-electron chi connectivity index (χ4n) is 4.99. The van der Waals surface area contributed by atoms with E-state index < -0.39 is 9.84 Å². The summed E-state index contributed by atoms with van der Waals surface area (Å²) in [5.41, 5.74) is 2.50. The van der Waals surface area contributed by atoms with Gasteiger partial charge in [-0.05, 0) is 54.7 Å². The monoisotopic (exact) mass is 552 g/mol. The van der Waals surface area contributed by atoms with Crippen LogP contribution in [0.1, 0.15) is 40.9 Å². The van der Waals surface area contributed by atoms with Crippen LogP contribution in [-0.4, -0.2) is 61.1 Å². The lowest BCUT2D eigenvalue weighted by molar-refractivity contribution is 0.0771. The van der Waals surface area contributed by atoms with Gasteiger partial charge < -0.3 is 15.5 Å². The minimum atomic E-state index is -3.63. The van der Waals surface area contributed by atoms with Crippen molar-refractivity contribution < 1.29 is 18.0 Å². The molecule has 12 heteroatoms. The van der Waals surface area contributed by atoms with Gasteiger partial charge in [0.2, 0.25) is 0 Å². The minimum absolute atomic E-state index is 0.0736. The zero-order chi connectivity index (χ0) is 26.6. The van der Waals surface area contributed by atoms with Gasteiger partial charge in [-0.1, -0.05) is 30.2 Å². The highest BCUT2D eigenvalue weighted by atomic mass is 32.2. The van der Waals surface area contributed by atoms with Crippen molar-refractivity contribution in [2.45, 2.75) is 37.6 Å². The van der Waals surface area contributed by atoms with Gasteiger partial charge >= 0.3 is 6.03 Å². The molecule has 6 rings (SSSR count). The van der Waals surface area contributed by atoms with Crippen LogP contribution in [-0.2, 0) is 16.4 Å². The van der Waals surface area contributed by atoms with Gasteiger partial charge in [-0.15, -0.1) is 0 Å². The number of carbonyl (C=O) groups excluding carboxylic acids is 2. The molecule has 2 aliphatic heterocycles. The summed E-state index contributed by atoms with van der Waals surface area (Å²) in [5.74, 6) is 1.58. The van der Waals surface area contributed by atoms with Crippen LogP contribution in [0.4, 0.5) is 21.6 Å². The van der Waals surface area contributed by atoms with E-state index in [-0.39, 0.29) is 16.8 Å². The van der Waals surface area contributed by atoms with Crippen LogP contribution in [0.3, 0.4) is 0 Å². The van der Waals surface area contributed by atoms with Gasteiger partial charge in [0, 0.05) is 32.4 Å². The van der Waals surface area contributed by atoms with Gasteiger partial charge in [-0.3, -0.25) is 9.69 Å². The summed E-state index contributed by atoms with van der Waals surface area (Å²) in [6.45, 7) is 4.07. The fraction of sp³-hybridized carbons (Fsp3) is 0.385. The Morgan fingerprint density at radius 2 is 2.00 bits per heavy atom. The largest absolute Gasteiger partial charge is 0.336 e. The first-order valence-electron chi connectivity index (χ1n) is 12.6. The van der Waals surface area contributed by atoms with Crippen molar-refractivity contribution in [3.8, 4) is 10.4 Å². The van der Waals surface area contributed by atoms with Crippen molar-refractivity contribution >= 4 is 49.9 Å². The van der Waals surface area contributed by atoms with E-state index in [1.807, 2.05) is 19.1 Å². The van der Waals surface area contributed by atoms with Crippen LogP contribution in [0.2, 0.25) is 0 Å². The summed E-state index contributed by atoms with van der Waals surface area (Å²) < 4.78 is 25.5. The topological polar surface area (TPSA) is 125 Å². The lowest BCUT2D eigenvalue weighted by atomic mass is 10.0. The molecule has 3 aromatic rings. The highest BCUT2D eigenvalue weighted by Crippen LogP contribution is 2.40. The van der Waals surface area contributed by atoms with Gasteiger partial charge in [0.15, 0.2) is 15.0 Å². The van der Waals surface area contributed by atoms with Crippen LogP contribution in [0.5, 0.6) is 0 Å². The Morgan fingerprint density at radius 3 is 2.71 bits per heavy atom. The van der Waals surface area contributed by atoms with Crippen molar-refractivity contribution in [3.63, 3.8) is 0 Å². The molecule has 1 saturated carbocycles. The number of thiazole rings is 1. The van der Waals surface area contributed by atoms with Crippen molar-refractivity contribution in [1.82, 2.24) is 20.2 Å². The molecule has 0 bridgehead atoms. The van der Waals surface area contributed by atoms with Crippen LogP contribution in [0.25, 0.3) is 10.4 Å². The number of sulfone groups is 1. The van der Waals surface area contributed by atoms with Crippen molar-refractivity contribution in [2.75, 3.05) is 36.1 Å². The summed E-state index contributed by atoms with van der Waals surface area (Å²) >= 11 is 1.39. The van der Waals surface area contributed by atoms with E-state index in [1.54, 1.807) is 28.0 Å². The second-order valence-electron chi connectivity index (χ2n) is 10.1. The van der Waals surface area contributed by atoms with Gasteiger partial charge in [0.05, 0.1) is 21.0 Å². The molecular weight excluding hydrogens is 524 g/mol. The number of aromatic nitrogens is 2. The third-order valence-electron chi connectivity index (χ3n) is 7.11. The summed E-state index contributed by atoms with van der Waals surface area (Å²) in [7, 11) is -3.63. The van der Waals surface area contributed by atoms with E-state index in [4.69, 9.17) is 0 Å². The van der Waals surface area contributed by atoms with Crippen molar-refractivity contribution in [2.24, 2.45) is 5.92 Å². The first kappa shape index (κ1) is 24.8. The Hall–Kier alpha value is -3.51. The van der Waals surface area contributed by atoms with Gasteiger partial charge in [0.1, 0.15) is 11.6 Å². The Bertz CT molecular complexity index is 1560. The third-order valence-corrected chi connectivity index (χ3v) is 9.35. The van der Waals surface area contributed by atoms with E-state index in [1.165, 1.54) is 24.2 Å². The SMILES string of the molecule is Cc1nc(Nc2cccc(N3CCNC3=O)n2)sc1-c1cc2c(c(S(C)(=O)=O)c1)C(=O)N(CCC1CC1)C2. The number of benzene rings is 1. The summed E-state index contributed by atoms with van der Waals surface area (Å²) in [4.78, 5) is 38.6. The van der Waals surface area contributed by atoms with E-state index in [9.17, 15) is 18.0 Å². The Morgan fingerprint density at radius 1 is 1.18 bits per heavy atom. The maximum atomic E-state index is 13.2. The molecule has 1 aromatic carbocycles. The van der Waals surface area contributed by atoms with Gasteiger partial charge in [-0.25, -0.2) is 23.2 Å². The first-order chi connectivity index (χ1) is 18.2. The number of nitrogens with one attached hydrogen (secondary N) is 2. The molecule has 4 heterocycles. The molecule has 3 aliphatic rings. The summed E-state index contributed by atoms with van der Waals surface area (Å²) in [6, 6.07) is 8.75.